The van der Waals surface area contributed by atoms with Crippen LogP contribution in [0.5, 0.6) is 0 Å². The molecule has 0 radical (unpaired) electrons. The molecule has 3 nitrogen and oxygen atoms in total. The molecule has 2 rings (SSSR count). The van der Waals surface area contributed by atoms with Gasteiger partial charge in [-0.05, 0) is 37.0 Å². The Morgan fingerprint density at radius 3 is 2.92 bits per heavy atom. The van der Waals surface area contributed by atoms with E-state index in [0.29, 0.717) is 5.82 Å². The first-order valence-corrected chi connectivity index (χ1v) is 4.45. The molecule has 0 fully saturated rings. The lowest BCUT2D eigenvalue weighted by Crippen LogP contribution is -1.88. The first-order chi connectivity index (χ1) is 5.68. The third-order valence-electron chi connectivity index (χ3n) is 1.80. The Kier molecular flexibility index (Phi) is 1.51. The molecule has 2 heterocycles. The van der Waals surface area contributed by atoms with Crippen LogP contribution in [-0.2, 0) is 0 Å². The van der Waals surface area contributed by atoms with Crippen molar-refractivity contribution in [3.63, 3.8) is 0 Å². The van der Waals surface area contributed by atoms with Crippen molar-refractivity contribution in [1.29, 1.82) is 0 Å². The van der Waals surface area contributed by atoms with E-state index in [1.807, 2.05) is 19.9 Å². The van der Waals surface area contributed by atoms with Crippen LogP contribution in [0.1, 0.15) is 11.3 Å². The van der Waals surface area contributed by atoms with E-state index in [1.165, 1.54) is 11.5 Å². The van der Waals surface area contributed by atoms with Crippen LogP contribution in [0, 0.1) is 13.8 Å². The van der Waals surface area contributed by atoms with Crippen LogP contribution >= 0.6 is 11.5 Å². The summed E-state index contributed by atoms with van der Waals surface area (Å²) in [7, 11) is 0. The lowest BCUT2D eigenvalue weighted by atomic mass is 10.2. The molecule has 2 aromatic heterocycles. The van der Waals surface area contributed by atoms with Crippen molar-refractivity contribution >= 4 is 27.6 Å². The number of aromatic nitrogens is 2. The van der Waals surface area contributed by atoms with Crippen LogP contribution in [0.3, 0.4) is 0 Å². The average Bonchev–Trinajstić information content (AvgIpc) is 2.31. The number of nitrogens with zero attached hydrogens (tertiary/aromatic N) is 2. The molecular weight excluding hydrogens is 170 g/mol. The topological polar surface area (TPSA) is 51.8 Å². The summed E-state index contributed by atoms with van der Waals surface area (Å²) in [6.45, 7) is 4.00. The molecule has 0 saturated carbocycles. The molecule has 62 valence electrons. The predicted molar refractivity (Wildman–Crippen MR) is 51.3 cm³/mol. The first kappa shape index (κ1) is 7.49. The molecule has 0 unspecified atom stereocenters. The number of nitrogens with two attached hydrogens (primary N) is 1. The predicted octanol–water partition coefficient (Wildman–Crippen LogP) is 1.89. The largest absolute Gasteiger partial charge is 0.382 e. The van der Waals surface area contributed by atoms with Crippen LogP contribution in [-0.4, -0.2) is 9.36 Å². The standard InChI is InChI=1S/C8H9N3S/c1-4-3-5(2)10-8-6(4)7(9)11-12-8/h3H,1-2H3,(H2,9,11). The fourth-order valence-electron chi connectivity index (χ4n) is 1.32. The summed E-state index contributed by atoms with van der Waals surface area (Å²) < 4.78 is 4.05. The van der Waals surface area contributed by atoms with Crippen molar-refractivity contribution in [2.75, 3.05) is 5.73 Å². The summed E-state index contributed by atoms with van der Waals surface area (Å²) in [4.78, 5) is 5.27. The van der Waals surface area contributed by atoms with Crippen molar-refractivity contribution in [3.05, 3.63) is 17.3 Å². The summed E-state index contributed by atoms with van der Waals surface area (Å²) >= 11 is 1.36. The zero-order chi connectivity index (χ0) is 8.72. The van der Waals surface area contributed by atoms with Crippen LogP contribution in [0.25, 0.3) is 10.2 Å². The van der Waals surface area contributed by atoms with Gasteiger partial charge < -0.3 is 5.73 Å². The highest BCUT2D eigenvalue weighted by Crippen LogP contribution is 2.26. The highest BCUT2D eigenvalue weighted by Gasteiger charge is 2.06. The zero-order valence-corrected chi connectivity index (χ0v) is 7.77. The van der Waals surface area contributed by atoms with E-state index in [9.17, 15) is 0 Å². The van der Waals surface area contributed by atoms with Gasteiger partial charge in [0.05, 0.1) is 5.39 Å². The number of nitrogen functional groups attached to an aromatic ring is 1. The van der Waals surface area contributed by atoms with Crippen molar-refractivity contribution in [3.8, 4) is 0 Å². The number of pyridine rings is 1. The smallest absolute Gasteiger partial charge is 0.146 e. The second kappa shape index (κ2) is 2.42. The molecular formula is C8H9N3S. The van der Waals surface area contributed by atoms with Crippen LogP contribution in [0.4, 0.5) is 5.82 Å². The number of aryl methyl sites for hydroxylation is 2. The monoisotopic (exact) mass is 179 g/mol. The summed E-state index contributed by atoms with van der Waals surface area (Å²) in [5, 5.41) is 1.01. The Bertz CT molecular complexity index is 433. The first-order valence-electron chi connectivity index (χ1n) is 3.67. The van der Waals surface area contributed by atoms with Crippen LogP contribution in [0.2, 0.25) is 0 Å². The van der Waals surface area contributed by atoms with E-state index in [-0.39, 0.29) is 0 Å². The quantitative estimate of drug-likeness (QED) is 0.672. The molecule has 0 atom stereocenters. The second-order valence-corrected chi connectivity index (χ2v) is 3.58. The maximum Gasteiger partial charge on any atom is 0.146 e. The number of hydrogen-bond donors (Lipinski definition) is 1. The Balaban J connectivity index is 2.93. The molecule has 0 bridgehead atoms. The van der Waals surface area contributed by atoms with Crippen molar-refractivity contribution in [1.82, 2.24) is 9.36 Å². The molecule has 0 saturated heterocycles. The summed E-state index contributed by atoms with van der Waals surface area (Å²) in [5.41, 5.74) is 7.86. The van der Waals surface area contributed by atoms with Gasteiger partial charge in [0.15, 0.2) is 0 Å². The minimum Gasteiger partial charge on any atom is -0.382 e. The number of rotatable bonds is 0. The number of anilines is 1. The molecule has 0 aromatic carbocycles. The summed E-state index contributed by atoms with van der Waals surface area (Å²) in [6, 6.07) is 2.02. The zero-order valence-electron chi connectivity index (χ0n) is 6.96. The van der Waals surface area contributed by atoms with Crippen molar-refractivity contribution in [2.24, 2.45) is 0 Å². The van der Waals surface area contributed by atoms with Crippen molar-refractivity contribution < 1.29 is 0 Å². The van der Waals surface area contributed by atoms with Gasteiger partial charge in [0, 0.05) is 5.69 Å². The van der Waals surface area contributed by atoms with Gasteiger partial charge in [0.25, 0.3) is 0 Å². The van der Waals surface area contributed by atoms with Gasteiger partial charge in [-0.25, -0.2) is 4.98 Å². The van der Waals surface area contributed by atoms with E-state index in [1.54, 1.807) is 0 Å². The number of fused-ring (bicyclic) bond motifs is 1. The molecule has 12 heavy (non-hydrogen) atoms. The lowest BCUT2D eigenvalue weighted by Gasteiger charge is -1.97. The fraction of sp³-hybridized carbons (Fsp3) is 0.250. The molecule has 0 aliphatic heterocycles. The Morgan fingerprint density at radius 2 is 2.17 bits per heavy atom. The van der Waals surface area contributed by atoms with E-state index in [4.69, 9.17) is 5.73 Å². The van der Waals surface area contributed by atoms with E-state index >= 15 is 0 Å². The van der Waals surface area contributed by atoms with Crippen LogP contribution < -0.4 is 5.73 Å². The maximum absolute atomic E-state index is 5.69. The maximum atomic E-state index is 5.69. The minimum atomic E-state index is 0.597. The molecule has 2 aromatic rings. The van der Waals surface area contributed by atoms with Gasteiger partial charge in [0.2, 0.25) is 0 Å². The van der Waals surface area contributed by atoms with E-state index < -0.39 is 0 Å². The minimum absolute atomic E-state index is 0.597. The molecule has 2 N–H and O–H groups in total. The highest BCUT2D eigenvalue weighted by atomic mass is 32.1. The molecule has 0 spiro atoms. The van der Waals surface area contributed by atoms with Crippen LogP contribution in [0.15, 0.2) is 6.07 Å². The van der Waals surface area contributed by atoms with Gasteiger partial charge in [-0.3, -0.25) is 0 Å². The fourth-order valence-corrected chi connectivity index (χ4v) is 2.14. The Morgan fingerprint density at radius 1 is 1.42 bits per heavy atom. The third-order valence-corrected chi connectivity index (χ3v) is 2.55. The number of hydrogen-bond acceptors (Lipinski definition) is 4. The van der Waals surface area contributed by atoms with Gasteiger partial charge >= 0.3 is 0 Å². The lowest BCUT2D eigenvalue weighted by molar-refractivity contribution is 1.25. The van der Waals surface area contributed by atoms with Gasteiger partial charge in [-0.1, -0.05) is 0 Å². The van der Waals surface area contributed by atoms with Gasteiger partial charge in [-0.15, -0.1) is 0 Å². The van der Waals surface area contributed by atoms with Gasteiger partial charge in [-0.2, -0.15) is 4.37 Å². The normalized spacial score (nSPS) is 10.8. The van der Waals surface area contributed by atoms with Gasteiger partial charge in [0.1, 0.15) is 10.6 Å². The van der Waals surface area contributed by atoms with E-state index in [2.05, 4.69) is 9.36 Å². The highest BCUT2D eigenvalue weighted by molar-refractivity contribution is 7.13. The Labute approximate surface area is 74.4 Å². The third kappa shape index (κ3) is 0.956. The molecule has 0 aliphatic rings. The second-order valence-electron chi connectivity index (χ2n) is 2.83. The van der Waals surface area contributed by atoms with E-state index in [0.717, 1.165) is 21.5 Å². The SMILES string of the molecule is Cc1cc(C)c2c(N)nsc2n1. The average molecular weight is 179 g/mol. The Hall–Kier alpha value is -1.16. The molecule has 0 amide bonds. The molecule has 0 aliphatic carbocycles. The summed E-state index contributed by atoms with van der Waals surface area (Å²) in [5.74, 6) is 0.597. The summed E-state index contributed by atoms with van der Waals surface area (Å²) in [6.07, 6.45) is 0. The van der Waals surface area contributed by atoms with Crippen molar-refractivity contribution in [2.45, 2.75) is 13.8 Å². The molecule has 4 heteroatoms.